The third kappa shape index (κ3) is 3.42. The van der Waals surface area contributed by atoms with Gasteiger partial charge in [-0.2, -0.15) is 0 Å². The zero-order chi connectivity index (χ0) is 19.2. The smallest absolute Gasteiger partial charge is 0.229 e. The SMILES string of the molecule is Cc1cccc(NC(=O)[C@@H]2CN(S(=O)(=O)C3CC3)CC23CCCCC3)c1C. The molecule has 2 aliphatic carbocycles. The van der Waals surface area contributed by atoms with Crippen molar-refractivity contribution >= 4 is 21.6 Å². The standard InChI is InChI=1S/C21H30N2O3S/c1-15-7-6-8-19(16(15)2)22-20(24)18-13-23(27(25,26)17-9-10-17)14-21(18)11-4-3-5-12-21/h6-8,17-18H,3-5,9-14H2,1-2H3,(H,22,24)/t18-/m0/s1. The maximum atomic E-state index is 13.3. The molecule has 27 heavy (non-hydrogen) atoms. The van der Waals surface area contributed by atoms with Crippen LogP contribution in [0.25, 0.3) is 0 Å². The molecular formula is C21H30N2O3S. The number of rotatable bonds is 4. The van der Waals surface area contributed by atoms with Gasteiger partial charge in [0.2, 0.25) is 15.9 Å². The first-order chi connectivity index (χ1) is 12.8. The Labute approximate surface area is 162 Å². The quantitative estimate of drug-likeness (QED) is 0.854. The van der Waals surface area contributed by atoms with Gasteiger partial charge in [-0.25, -0.2) is 12.7 Å². The van der Waals surface area contributed by atoms with Crippen LogP contribution in [0.15, 0.2) is 18.2 Å². The Kier molecular flexibility index (Phi) is 4.83. The maximum Gasteiger partial charge on any atom is 0.229 e. The molecule has 6 heteroatoms. The topological polar surface area (TPSA) is 66.5 Å². The molecule has 0 unspecified atom stereocenters. The predicted molar refractivity (Wildman–Crippen MR) is 107 cm³/mol. The lowest BCUT2D eigenvalue weighted by atomic mass is 9.67. The van der Waals surface area contributed by atoms with Crippen LogP contribution < -0.4 is 5.32 Å². The number of nitrogens with zero attached hydrogens (tertiary/aromatic N) is 1. The lowest BCUT2D eigenvalue weighted by Gasteiger charge is -2.37. The number of nitrogens with one attached hydrogen (secondary N) is 1. The number of hydrogen-bond donors (Lipinski definition) is 1. The molecule has 148 valence electrons. The van der Waals surface area contributed by atoms with E-state index in [-0.39, 0.29) is 22.5 Å². The average molecular weight is 391 g/mol. The Morgan fingerprint density at radius 3 is 2.52 bits per heavy atom. The number of benzene rings is 1. The summed E-state index contributed by atoms with van der Waals surface area (Å²) in [5.41, 5.74) is 2.87. The summed E-state index contributed by atoms with van der Waals surface area (Å²) >= 11 is 0. The van der Waals surface area contributed by atoms with E-state index in [0.29, 0.717) is 13.1 Å². The Balaban J connectivity index is 1.60. The largest absolute Gasteiger partial charge is 0.326 e. The molecule has 1 aromatic rings. The lowest BCUT2D eigenvalue weighted by molar-refractivity contribution is -0.123. The molecule has 1 aliphatic heterocycles. The fourth-order valence-corrected chi connectivity index (χ4v) is 6.87. The number of carbonyl (C=O) groups excluding carboxylic acids is 1. The Hall–Kier alpha value is -1.40. The lowest BCUT2D eigenvalue weighted by Crippen LogP contribution is -2.39. The summed E-state index contributed by atoms with van der Waals surface area (Å²) < 4.78 is 27.3. The molecule has 1 aromatic carbocycles. The van der Waals surface area contributed by atoms with E-state index < -0.39 is 10.0 Å². The van der Waals surface area contributed by atoms with Gasteiger partial charge in [0.1, 0.15) is 0 Å². The van der Waals surface area contributed by atoms with Crippen LogP contribution in [0.4, 0.5) is 5.69 Å². The van der Waals surface area contributed by atoms with Gasteiger partial charge in [0.05, 0.1) is 11.2 Å². The molecule has 3 fully saturated rings. The minimum Gasteiger partial charge on any atom is -0.326 e. The van der Waals surface area contributed by atoms with Crippen molar-refractivity contribution in [3.8, 4) is 0 Å². The molecule has 1 heterocycles. The fourth-order valence-electron chi connectivity index (χ4n) is 4.92. The zero-order valence-electron chi connectivity index (χ0n) is 16.3. The van der Waals surface area contributed by atoms with Crippen LogP contribution in [0.1, 0.15) is 56.1 Å². The minimum absolute atomic E-state index is 0.0147. The summed E-state index contributed by atoms with van der Waals surface area (Å²) in [7, 11) is -3.24. The van der Waals surface area contributed by atoms with Crippen molar-refractivity contribution in [1.29, 1.82) is 0 Å². The summed E-state index contributed by atoms with van der Waals surface area (Å²) in [5, 5.41) is 2.91. The predicted octanol–water partition coefficient (Wildman–Crippen LogP) is 3.62. The first kappa shape index (κ1) is 18.9. The van der Waals surface area contributed by atoms with Crippen LogP contribution in [0.5, 0.6) is 0 Å². The summed E-state index contributed by atoms with van der Waals surface area (Å²) in [6, 6.07) is 5.92. The van der Waals surface area contributed by atoms with Crippen LogP contribution >= 0.6 is 0 Å². The highest BCUT2D eigenvalue weighted by Gasteiger charge is 2.55. The van der Waals surface area contributed by atoms with Gasteiger partial charge in [-0.15, -0.1) is 0 Å². The maximum absolute atomic E-state index is 13.3. The van der Waals surface area contributed by atoms with E-state index in [9.17, 15) is 13.2 Å². The first-order valence-corrected chi connectivity index (χ1v) is 11.7. The van der Waals surface area contributed by atoms with E-state index in [0.717, 1.165) is 55.3 Å². The van der Waals surface area contributed by atoms with E-state index in [1.807, 2.05) is 32.0 Å². The zero-order valence-corrected chi connectivity index (χ0v) is 17.1. The van der Waals surface area contributed by atoms with Crippen LogP contribution in [-0.2, 0) is 14.8 Å². The number of hydrogen-bond acceptors (Lipinski definition) is 3. The molecule has 0 radical (unpaired) electrons. The van der Waals surface area contributed by atoms with Gasteiger partial charge in [-0.3, -0.25) is 4.79 Å². The molecule has 2 saturated carbocycles. The molecule has 1 saturated heterocycles. The summed E-state index contributed by atoms with van der Waals surface area (Å²) in [6.45, 7) is 4.92. The summed E-state index contributed by atoms with van der Waals surface area (Å²) in [6.07, 6.45) is 6.80. The van der Waals surface area contributed by atoms with Crippen molar-refractivity contribution in [1.82, 2.24) is 4.31 Å². The number of carbonyl (C=O) groups is 1. The fraction of sp³-hybridized carbons (Fsp3) is 0.667. The van der Waals surface area contributed by atoms with E-state index in [2.05, 4.69) is 5.32 Å². The first-order valence-electron chi connectivity index (χ1n) is 10.2. The highest BCUT2D eigenvalue weighted by molar-refractivity contribution is 7.90. The molecule has 0 aromatic heterocycles. The molecule has 1 amide bonds. The van der Waals surface area contributed by atoms with E-state index >= 15 is 0 Å². The van der Waals surface area contributed by atoms with Crippen LogP contribution in [0.3, 0.4) is 0 Å². The van der Waals surface area contributed by atoms with Crippen molar-refractivity contribution in [2.24, 2.45) is 11.3 Å². The Bertz CT molecular complexity index is 839. The van der Waals surface area contributed by atoms with Gasteiger partial charge in [0, 0.05) is 18.8 Å². The van der Waals surface area contributed by atoms with Gasteiger partial charge in [-0.05, 0) is 62.1 Å². The second kappa shape index (κ2) is 6.89. The Morgan fingerprint density at radius 1 is 1.15 bits per heavy atom. The second-order valence-corrected chi connectivity index (χ2v) is 11.0. The van der Waals surface area contributed by atoms with Gasteiger partial charge in [0.25, 0.3) is 0 Å². The highest BCUT2D eigenvalue weighted by atomic mass is 32.2. The third-order valence-electron chi connectivity index (χ3n) is 6.95. The molecular weight excluding hydrogens is 360 g/mol. The van der Waals surface area contributed by atoms with E-state index in [4.69, 9.17) is 0 Å². The third-order valence-corrected chi connectivity index (χ3v) is 9.26. The minimum atomic E-state index is -3.24. The van der Waals surface area contributed by atoms with Crippen LogP contribution in [0.2, 0.25) is 0 Å². The number of sulfonamides is 1. The monoisotopic (exact) mass is 390 g/mol. The molecule has 5 nitrogen and oxygen atoms in total. The van der Waals surface area contributed by atoms with Crippen molar-refractivity contribution in [2.45, 2.75) is 64.0 Å². The van der Waals surface area contributed by atoms with Crippen molar-refractivity contribution in [2.75, 3.05) is 18.4 Å². The summed E-state index contributed by atoms with van der Waals surface area (Å²) in [4.78, 5) is 13.3. The van der Waals surface area contributed by atoms with Crippen LogP contribution in [-0.4, -0.2) is 37.0 Å². The molecule has 1 atom stereocenters. The van der Waals surface area contributed by atoms with Gasteiger partial charge < -0.3 is 5.32 Å². The van der Waals surface area contributed by atoms with E-state index in [1.54, 1.807) is 4.31 Å². The second-order valence-electron chi connectivity index (χ2n) is 8.75. The molecule has 1 N–H and O–H groups in total. The average Bonchev–Trinajstić information content (AvgIpc) is 3.43. The molecule has 0 bridgehead atoms. The van der Waals surface area contributed by atoms with Gasteiger partial charge >= 0.3 is 0 Å². The highest BCUT2D eigenvalue weighted by Crippen LogP contribution is 2.50. The molecule has 3 aliphatic rings. The normalized spacial score (nSPS) is 25.6. The van der Waals surface area contributed by atoms with Crippen molar-refractivity contribution < 1.29 is 13.2 Å². The van der Waals surface area contributed by atoms with Crippen molar-refractivity contribution in [3.05, 3.63) is 29.3 Å². The molecule has 4 rings (SSSR count). The Morgan fingerprint density at radius 2 is 1.85 bits per heavy atom. The summed E-state index contributed by atoms with van der Waals surface area (Å²) in [5.74, 6) is -0.273. The van der Waals surface area contributed by atoms with E-state index in [1.165, 1.54) is 6.42 Å². The molecule has 1 spiro atoms. The number of amides is 1. The number of aryl methyl sites for hydroxylation is 1. The van der Waals surface area contributed by atoms with Gasteiger partial charge in [0.15, 0.2) is 0 Å². The number of anilines is 1. The van der Waals surface area contributed by atoms with Crippen molar-refractivity contribution in [3.63, 3.8) is 0 Å². The van der Waals surface area contributed by atoms with Crippen LogP contribution in [0, 0.1) is 25.2 Å². The van der Waals surface area contributed by atoms with Gasteiger partial charge in [-0.1, -0.05) is 31.4 Å².